The van der Waals surface area contributed by atoms with Gasteiger partial charge >= 0.3 is 12.5 Å². The zero-order valence-corrected chi connectivity index (χ0v) is 23.5. The molecule has 0 unspecified atom stereocenters. The SMILES string of the molecule is CCC1CCC([C@@H]2COc3c(cc(F)c(-c4cc(F)c(C(F)(F)Oc5cc(F)c(OC(F)(F)F)c(F)c5)c(F)c4)c3F)C2)CC1. The second-order valence-electron chi connectivity index (χ2n) is 11.2. The number of hydrogen-bond donors (Lipinski definition) is 0. The van der Waals surface area contributed by atoms with Gasteiger partial charge in [0, 0.05) is 17.7 Å². The Morgan fingerprint density at radius 3 is 1.89 bits per heavy atom. The maximum absolute atomic E-state index is 15.5. The normalized spacial score (nSPS) is 20.4. The molecule has 1 atom stereocenters. The second kappa shape index (κ2) is 12.2. The highest BCUT2D eigenvalue weighted by molar-refractivity contribution is 5.69. The van der Waals surface area contributed by atoms with Gasteiger partial charge in [-0.1, -0.05) is 26.2 Å². The number of fused-ring (bicyclic) bond motifs is 1. The molecule has 14 heteroatoms. The molecule has 0 amide bonds. The summed E-state index contributed by atoms with van der Waals surface area (Å²) in [4.78, 5) is 0. The predicted octanol–water partition coefficient (Wildman–Crippen LogP) is 9.98. The standard InChI is InChI=1S/C31H25F11O3/c1-2-14-3-5-15(6-4-14)18-7-17-10-20(32)25(27(37)28(17)43-13-18)16-8-21(33)26(22(34)9-16)30(38,39)44-19-11-23(35)29(24(36)12-19)45-31(40,41)42/h8-12,14-15,18H,2-7,13H2,1H3/t14?,15?,18-/m0/s1. The lowest BCUT2D eigenvalue weighted by molar-refractivity contribution is -0.276. The molecule has 1 aliphatic carbocycles. The molecule has 244 valence electrons. The molecule has 45 heavy (non-hydrogen) atoms. The number of rotatable bonds is 7. The van der Waals surface area contributed by atoms with Gasteiger partial charge in [0.25, 0.3) is 0 Å². The summed E-state index contributed by atoms with van der Waals surface area (Å²) in [6.07, 6.45) is -5.08. The maximum Gasteiger partial charge on any atom is 0.573 e. The minimum absolute atomic E-state index is 0.0201. The third-order valence-corrected chi connectivity index (χ3v) is 8.37. The summed E-state index contributed by atoms with van der Waals surface area (Å²) in [7, 11) is 0. The largest absolute Gasteiger partial charge is 0.573 e. The highest BCUT2D eigenvalue weighted by atomic mass is 19.4. The van der Waals surface area contributed by atoms with E-state index < -0.39 is 75.6 Å². The first-order chi connectivity index (χ1) is 21.1. The van der Waals surface area contributed by atoms with Gasteiger partial charge in [-0.15, -0.1) is 13.2 Å². The van der Waals surface area contributed by atoms with Gasteiger partial charge < -0.3 is 14.2 Å². The Kier molecular flexibility index (Phi) is 8.89. The quantitative estimate of drug-likeness (QED) is 0.238. The van der Waals surface area contributed by atoms with Crippen molar-refractivity contribution in [2.75, 3.05) is 6.61 Å². The van der Waals surface area contributed by atoms with Gasteiger partial charge in [0.05, 0.1) is 12.2 Å². The molecule has 0 aromatic heterocycles. The number of ether oxygens (including phenoxy) is 3. The van der Waals surface area contributed by atoms with Crippen LogP contribution in [0.2, 0.25) is 0 Å². The van der Waals surface area contributed by atoms with E-state index >= 15 is 8.78 Å². The Bertz CT molecular complexity index is 1530. The molecule has 0 radical (unpaired) electrons. The fourth-order valence-electron chi connectivity index (χ4n) is 6.13. The van der Waals surface area contributed by atoms with Crippen LogP contribution in [0.15, 0.2) is 30.3 Å². The molecule has 1 heterocycles. The first-order valence-electron chi connectivity index (χ1n) is 14.0. The topological polar surface area (TPSA) is 27.7 Å². The molecule has 0 spiro atoms. The van der Waals surface area contributed by atoms with Gasteiger partial charge in [0.15, 0.2) is 23.2 Å². The van der Waals surface area contributed by atoms with Crippen LogP contribution in [0, 0.1) is 52.7 Å². The predicted molar refractivity (Wildman–Crippen MR) is 138 cm³/mol. The van der Waals surface area contributed by atoms with Crippen LogP contribution in [-0.2, 0) is 12.5 Å². The van der Waals surface area contributed by atoms with Crippen molar-refractivity contribution in [3.05, 3.63) is 76.4 Å². The van der Waals surface area contributed by atoms with E-state index in [0.717, 1.165) is 38.2 Å². The lowest BCUT2D eigenvalue weighted by atomic mass is 9.73. The van der Waals surface area contributed by atoms with Crippen LogP contribution >= 0.6 is 0 Å². The van der Waals surface area contributed by atoms with E-state index in [1.807, 2.05) is 0 Å². The fraction of sp³-hybridized carbons (Fsp3) is 0.419. The monoisotopic (exact) mass is 654 g/mol. The third-order valence-electron chi connectivity index (χ3n) is 8.37. The van der Waals surface area contributed by atoms with Crippen LogP contribution in [0.5, 0.6) is 17.2 Å². The molecule has 0 N–H and O–H groups in total. The molecule has 0 saturated heterocycles. The highest BCUT2D eigenvalue weighted by Gasteiger charge is 2.43. The van der Waals surface area contributed by atoms with Gasteiger partial charge in [-0.05, 0) is 60.8 Å². The Hall–Kier alpha value is -3.71. The lowest BCUT2D eigenvalue weighted by Gasteiger charge is -2.36. The van der Waals surface area contributed by atoms with Crippen LogP contribution in [0.4, 0.5) is 48.3 Å². The van der Waals surface area contributed by atoms with Crippen molar-refractivity contribution in [2.24, 2.45) is 17.8 Å². The van der Waals surface area contributed by atoms with Crippen molar-refractivity contribution in [3.8, 4) is 28.4 Å². The molecule has 1 saturated carbocycles. The lowest BCUT2D eigenvalue weighted by Crippen LogP contribution is -2.31. The summed E-state index contributed by atoms with van der Waals surface area (Å²) < 4.78 is 168. The molecule has 5 rings (SSSR count). The molecule has 3 aromatic rings. The van der Waals surface area contributed by atoms with Crippen LogP contribution < -0.4 is 14.2 Å². The molecule has 1 fully saturated rings. The summed E-state index contributed by atoms with van der Waals surface area (Å²) in [6, 6.07) is 1.15. The molecular formula is C31H25F11O3. The van der Waals surface area contributed by atoms with E-state index in [-0.39, 0.29) is 48.1 Å². The van der Waals surface area contributed by atoms with E-state index in [1.54, 1.807) is 0 Å². The summed E-state index contributed by atoms with van der Waals surface area (Å²) in [5.41, 5.74) is -3.60. The van der Waals surface area contributed by atoms with E-state index in [9.17, 15) is 39.5 Å². The molecule has 3 nitrogen and oxygen atoms in total. The minimum Gasteiger partial charge on any atom is -0.490 e. The zero-order chi connectivity index (χ0) is 32.8. The number of hydrogen-bond acceptors (Lipinski definition) is 3. The Labute approximate surface area is 249 Å². The van der Waals surface area contributed by atoms with Crippen molar-refractivity contribution >= 4 is 0 Å². The summed E-state index contributed by atoms with van der Waals surface area (Å²) in [5, 5.41) is 0. The van der Waals surface area contributed by atoms with Gasteiger partial charge in [-0.2, -0.15) is 8.78 Å². The van der Waals surface area contributed by atoms with Crippen LogP contribution in [0.3, 0.4) is 0 Å². The summed E-state index contributed by atoms with van der Waals surface area (Å²) in [6.45, 7) is 2.28. The first-order valence-corrected chi connectivity index (χ1v) is 14.0. The third kappa shape index (κ3) is 6.79. The average molecular weight is 655 g/mol. The summed E-state index contributed by atoms with van der Waals surface area (Å²) >= 11 is 0. The van der Waals surface area contributed by atoms with Gasteiger partial charge in [-0.3, -0.25) is 0 Å². The van der Waals surface area contributed by atoms with Crippen LogP contribution in [-0.4, -0.2) is 13.0 Å². The molecule has 0 bridgehead atoms. The maximum atomic E-state index is 15.5. The Morgan fingerprint density at radius 1 is 0.733 bits per heavy atom. The Morgan fingerprint density at radius 2 is 1.33 bits per heavy atom. The Balaban J connectivity index is 1.39. The van der Waals surface area contributed by atoms with E-state index in [0.29, 0.717) is 18.3 Å². The number of benzene rings is 3. The summed E-state index contributed by atoms with van der Waals surface area (Å²) in [5.74, 6) is -13.6. The van der Waals surface area contributed by atoms with Gasteiger partial charge in [0.2, 0.25) is 5.75 Å². The van der Waals surface area contributed by atoms with Crippen molar-refractivity contribution in [2.45, 2.75) is 57.9 Å². The smallest absolute Gasteiger partial charge is 0.490 e. The van der Waals surface area contributed by atoms with Crippen molar-refractivity contribution in [1.82, 2.24) is 0 Å². The minimum atomic E-state index is -5.53. The number of alkyl halides is 5. The first kappa shape index (κ1) is 32.7. The van der Waals surface area contributed by atoms with E-state index in [1.165, 1.54) is 0 Å². The fourth-order valence-corrected chi connectivity index (χ4v) is 6.13. The molecular weight excluding hydrogens is 629 g/mol. The van der Waals surface area contributed by atoms with Crippen LogP contribution in [0.25, 0.3) is 11.1 Å². The number of halogens is 11. The van der Waals surface area contributed by atoms with E-state index in [4.69, 9.17) is 4.74 Å². The zero-order valence-electron chi connectivity index (χ0n) is 23.5. The van der Waals surface area contributed by atoms with Crippen molar-refractivity contribution in [1.29, 1.82) is 0 Å². The molecule has 3 aromatic carbocycles. The second-order valence-corrected chi connectivity index (χ2v) is 11.2. The van der Waals surface area contributed by atoms with E-state index in [2.05, 4.69) is 16.4 Å². The van der Waals surface area contributed by atoms with Gasteiger partial charge in [-0.25, -0.2) is 26.3 Å². The molecule has 1 aliphatic heterocycles. The van der Waals surface area contributed by atoms with Gasteiger partial charge in [0.1, 0.15) is 28.8 Å². The van der Waals surface area contributed by atoms with Crippen molar-refractivity contribution in [3.63, 3.8) is 0 Å². The van der Waals surface area contributed by atoms with Crippen LogP contribution in [0.1, 0.15) is 50.2 Å². The average Bonchev–Trinajstić information content (AvgIpc) is 2.93. The highest BCUT2D eigenvalue weighted by Crippen LogP contribution is 2.44. The van der Waals surface area contributed by atoms with Crippen molar-refractivity contribution < 1.29 is 62.5 Å². The molecule has 2 aliphatic rings.